The second kappa shape index (κ2) is 8.53. The summed E-state index contributed by atoms with van der Waals surface area (Å²) in [6.45, 7) is 0.667. The molecule has 2 aromatic carbocycles. The topological polar surface area (TPSA) is 77.2 Å². The number of carboxylic acid groups (broad SMARTS) is 1. The average Bonchev–Trinajstić information content (AvgIpc) is 3.08. The van der Waals surface area contributed by atoms with Crippen LogP contribution in [-0.4, -0.2) is 38.7 Å². The van der Waals surface area contributed by atoms with Crippen molar-refractivity contribution in [3.8, 4) is 17.1 Å². The molecule has 0 saturated carbocycles. The molecule has 7 heteroatoms. The molecule has 3 rings (SSSR count). The molecule has 0 atom stereocenters. The monoisotopic (exact) mass is 369 g/mol. The van der Waals surface area contributed by atoms with Crippen LogP contribution in [0, 0.1) is 0 Å². The number of aliphatic carboxylic acids is 1. The lowest BCUT2D eigenvalue weighted by molar-refractivity contribution is -0.133. The molecule has 1 N–H and O–H groups in total. The molecule has 3 aromatic rings. The highest BCUT2D eigenvalue weighted by Crippen LogP contribution is 2.26. The standard InChI is InChI=1S/C19H19N3O3S/c1-25-16-9-7-15(8-10-16)18-20-21-19(26-13-17(23)24)22(18)12-11-14-5-3-2-4-6-14/h2-10H,11-13H2,1H3,(H,23,24). The smallest absolute Gasteiger partial charge is 0.313 e. The van der Waals surface area contributed by atoms with Crippen LogP contribution in [0.2, 0.25) is 0 Å². The molecular formula is C19H19N3O3S. The fraction of sp³-hybridized carbons (Fsp3) is 0.211. The number of carboxylic acids is 1. The van der Waals surface area contributed by atoms with Crippen LogP contribution in [0.1, 0.15) is 5.56 Å². The van der Waals surface area contributed by atoms with Crippen molar-refractivity contribution in [1.29, 1.82) is 0 Å². The third-order valence-electron chi connectivity index (χ3n) is 3.86. The first-order chi connectivity index (χ1) is 12.7. The largest absolute Gasteiger partial charge is 0.497 e. The quantitative estimate of drug-likeness (QED) is 0.614. The van der Waals surface area contributed by atoms with Gasteiger partial charge in [-0.2, -0.15) is 0 Å². The molecular weight excluding hydrogens is 350 g/mol. The predicted molar refractivity (Wildman–Crippen MR) is 101 cm³/mol. The molecule has 1 heterocycles. The van der Waals surface area contributed by atoms with Gasteiger partial charge in [-0.1, -0.05) is 42.1 Å². The van der Waals surface area contributed by atoms with E-state index in [1.807, 2.05) is 47.0 Å². The van der Waals surface area contributed by atoms with Gasteiger partial charge in [-0.25, -0.2) is 0 Å². The van der Waals surface area contributed by atoms with Crippen molar-refractivity contribution in [3.05, 3.63) is 60.2 Å². The summed E-state index contributed by atoms with van der Waals surface area (Å²) in [6, 6.07) is 17.7. The number of aryl methyl sites for hydroxylation is 1. The molecule has 0 aliphatic rings. The highest BCUT2D eigenvalue weighted by Gasteiger charge is 2.15. The first kappa shape index (κ1) is 18.0. The summed E-state index contributed by atoms with van der Waals surface area (Å²) in [6.07, 6.45) is 0.808. The van der Waals surface area contributed by atoms with Crippen molar-refractivity contribution in [3.63, 3.8) is 0 Å². The molecule has 6 nitrogen and oxygen atoms in total. The third kappa shape index (κ3) is 4.43. The van der Waals surface area contributed by atoms with Gasteiger partial charge in [-0.3, -0.25) is 4.79 Å². The maximum absolute atomic E-state index is 10.9. The van der Waals surface area contributed by atoms with E-state index in [0.717, 1.165) is 23.6 Å². The van der Waals surface area contributed by atoms with E-state index >= 15 is 0 Å². The lowest BCUT2D eigenvalue weighted by Gasteiger charge is -2.10. The van der Waals surface area contributed by atoms with Gasteiger partial charge in [0.2, 0.25) is 0 Å². The molecule has 0 amide bonds. The van der Waals surface area contributed by atoms with Crippen LogP contribution in [-0.2, 0) is 17.8 Å². The minimum absolute atomic E-state index is 0.0495. The van der Waals surface area contributed by atoms with Gasteiger partial charge in [0.05, 0.1) is 12.9 Å². The summed E-state index contributed by atoms with van der Waals surface area (Å²) in [4.78, 5) is 10.9. The Balaban J connectivity index is 1.88. The molecule has 0 bridgehead atoms. The molecule has 26 heavy (non-hydrogen) atoms. The number of aromatic nitrogens is 3. The van der Waals surface area contributed by atoms with E-state index in [9.17, 15) is 4.79 Å². The summed E-state index contributed by atoms with van der Waals surface area (Å²) < 4.78 is 7.17. The van der Waals surface area contributed by atoms with Crippen molar-refractivity contribution in [2.75, 3.05) is 12.9 Å². The van der Waals surface area contributed by atoms with Crippen LogP contribution < -0.4 is 4.74 Å². The number of hydrogen-bond donors (Lipinski definition) is 1. The number of thioether (sulfide) groups is 1. The number of benzene rings is 2. The Morgan fingerprint density at radius 2 is 1.85 bits per heavy atom. The zero-order valence-corrected chi connectivity index (χ0v) is 15.1. The van der Waals surface area contributed by atoms with Crippen molar-refractivity contribution in [2.45, 2.75) is 18.1 Å². The normalized spacial score (nSPS) is 10.7. The van der Waals surface area contributed by atoms with Gasteiger partial charge in [-0.15, -0.1) is 10.2 Å². The molecule has 0 spiro atoms. The number of rotatable bonds is 8. The molecule has 0 aliphatic carbocycles. The Hall–Kier alpha value is -2.80. The summed E-state index contributed by atoms with van der Waals surface area (Å²) >= 11 is 1.18. The van der Waals surface area contributed by atoms with Gasteiger partial charge in [0, 0.05) is 12.1 Å². The van der Waals surface area contributed by atoms with Crippen LogP contribution in [0.15, 0.2) is 59.8 Å². The summed E-state index contributed by atoms with van der Waals surface area (Å²) in [5, 5.41) is 18.1. The van der Waals surface area contributed by atoms with Gasteiger partial charge < -0.3 is 14.4 Å². The number of hydrogen-bond acceptors (Lipinski definition) is 5. The maximum atomic E-state index is 10.9. The number of carbonyl (C=O) groups is 1. The van der Waals surface area contributed by atoms with Crippen molar-refractivity contribution in [1.82, 2.24) is 14.8 Å². The molecule has 0 saturated heterocycles. The summed E-state index contributed by atoms with van der Waals surface area (Å²) in [5.41, 5.74) is 2.12. The predicted octanol–water partition coefficient (Wildman–Crippen LogP) is 3.37. The van der Waals surface area contributed by atoms with Crippen LogP contribution in [0.3, 0.4) is 0 Å². The second-order valence-corrected chi connectivity index (χ2v) is 6.55. The highest BCUT2D eigenvalue weighted by atomic mass is 32.2. The Labute approximate surface area is 155 Å². The first-order valence-corrected chi connectivity index (χ1v) is 9.12. The van der Waals surface area contributed by atoms with E-state index in [4.69, 9.17) is 9.84 Å². The van der Waals surface area contributed by atoms with Gasteiger partial charge in [-0.05, 0) is 36.2 Å². The fourth-order valence-electron chi connectivity index (χ4n) is 2.56. The first-order valence-electron chi connectivity index (χ1n) is 8.13. The summed E-state index contributed by atoms with van der Waals surface area (Å²) in [7, 11) is 1.62. The fourth-order valence-corrected chi connectivity index (χ4v) is 3.25. The van der Waals surface area contributed by atoms with Gasteiger partial charge >= 0.3 is 5.97 Å². The van der Waals surface area contributed by atoms with E-state index in [0.29, 0.717) is 11.7 Å². The molecule has 0 aliphatic heterocycles. The number of ether oxygens (including phenoxy) is 1. The molecule has 1 aromatic heterocycles. The van der Waals surface area contributed by atoms with Gasteiger partial charge in [0.15, 0.2) is 11.0 Å². The van der Waals surface area contributed by atoms with Crippen molar-refractivity contribution >= 4 is 17.7 Å². The number of methoxy groups -OCH3 is 1. The number of nitrogens with zero attached hydrogens (tertiary/aromatic N) is 3. The SMILES string of the molecule is COc1ccc(-c2nnc(SCC(=O)O)n2CCc2ccccc2)cc1. The van der Waals surface area contributed by atoms with Crippen LogP contribution >= 0.6 is 11.8 Å². The minimum Gasteiger partial charge on any atom is -0.497 e. The van der Waals surface area contributed by atoms with Crippen molar-refractivity contribution in [2.24, 2.45) is 0 Å². The lowest BCUT2D eigenvalue weighted by Crippen LogP contribution is -2.07. The van der Waals surface area contributed by atoms with Crippen LogP contribution in [0.5, 0.6) is 5.75 Å². The highest BCUT2D eigenvalue weighted by molar-refractivity contribution is 7.99. The van der Waals surface area contributed by atoms with E-state index in [1.54, 1.807) is 7.11 Å². The Bertz CT molecular complexity index is 863. The van der Waals surface area contributed by atoms with Crippen LogP contribution in [0.4, 0.5) is 0 Å². The van der Waals surface area contributed by atoms with Gasteiger partial charge in [0.1, 0.15) is 5.75 Å². The van der Waals surface area contributed by atoms with Gasteiger partial charge in [0.25, 0.3) is 0 Å². The summed E-state index contributed by atoms with van der Waals surface area (Å²) in [5.74, 6) is 0.561. The van der Waals surface area contributed by atoms with Crippen LogP contribution in [0.25, 0.3) is 11.4 Å². The zero-order chi connectivity index (χ0) is 18.4. The molecule has 0 fully saturated rings. The Morgan fingerprint density at radius 1 is 1.12 bits per heavy atom. The molecule has 0 radical (unpaired) electrons. The maximum Gasteiger partial charge on any atom is 0.313 e. The Kier molecular flexibility index (Phi) is 5.91. The minimum atomic E-state index is -0.876. The Morgan fingerprint density at radius 3 is 2.50 bits per heavy atom. The lowest BCUT2D eigenvalue weighted by atomic mass is 10.1. The van der Waals surface area contributed by atoms with Crippen molar-refractivity contribution < 1.29 is 14.6 Å². The average molecular weight is 369 g/mol. The molecule has 134 valence electrons. The van der Waals surface area contributed by atoms with E-state index in [2.05, 4.69) is 22.3 Å². The second-order valence-electron chi connectivity index (χ2n) is 5.60. The zero-order valence-electron chi connectivity index (χ0n) is 14.3. The molecule has 0 unspecified atom stereocenters. The van der Waals surface area contributed by atoms with E-state index in [1.165, 1.54) is 17.3 Å². The van der Waals surface area contributed by atoms with E-state index < -0.39 is 5.97 Å². The van der Waals surface area contributed by atoms with E-state index in [-0.39, 0.29) is 5.75 Å². The third-order valence-corrected chi connectivity index (χ3v) is 4.81.